The fourth-order valence-electron chi connectivity index (χ4n) is 9.60. The van der Waals surface area contributed by atoms with Gasteiger partial charge in [-0.05, 0) is 129 Å². The molecule has 0 atom stereocenters. The summed E-state index contributed by atoms with van der Waals surface area (Å²) in [5.74, 6) is 0. The maximum absolute atomic E-state index is 6.19. The number of fused-ring (bicyclic) bond motifs is 7. The van der Waals surface area contributed by atoms with Gasteiger partial charge >= 0.3 is 0 Å². The van der Waals surface area contributed by atoms with Crippen LogP contribution in [0.2, 0.25) is 0 Å². The van der Waals surface area contributed by atoms with Gasteiger partial charge in [-0.2, -0.15) is 0 Å². The van der Waals surface area contributed by atoms with Crippen molar-refractivity contribution in [3.63, 3.8) is 0 Å². The van der Waals surface area contributed by atoms with E-state index in [4.69, 9.17) is 4.42 Å². The third-order valence-electron chi connectivity index (χ3n) is 12.6. The van der Waals surface area contributed by atoms with Crippen molar-refractivity contribution in [2.24, 2.45) is 0 Å². The molecule has 11 rings (SSSR count). The number of nitrogens with zero attached hydrogens (tertiary/aromatic N) is 2. The van der Waals surface area contributed by atoms with E-state index in [0.29, 0.717) is 0 Å². The topological polar surface area (TPSA) is 19.6 Å². The van der Waals surface area contributed by atoms with E-state index in [1.807, 2.05) is 12.1 Å². The summed E-state index contributed by atoms with van der Waals surface area (Å²) < 4.78 is 6.19. The van der Waals surface area contributed by atoms with Crippen molar-refractivity contribution in [3.8, 4) is 22.3 Å². The molecule has 0 spiro atoms. The predicted octanol–water partition coefficient (Wildman–Crippen LogP) is 15.1. The molecule has 0 bridgehead atoms. The fourth-order valence-corrected chi connectivity index (χ4v) is 9.60. The maximum atomic E-state index is 6.19. The van der Waals surface area contributed by atoms with E-state index < -0.39 is 0 Å². The molecule has 0 saturated heterocycles. The minimum absolute atomic E-state index is 0.189. The molecule has 0 amide bonds. The smallest absolute Gasteiger partial charge is 0.135 e. The van der Waals surface area contributed by atoms with E-state index in [9.17, 15) is 0 Å². The van der Waals surface area contributed by atoms with E-state index in [1.54, 1.807) is 0 Å². The van der Waals surface area contributed by atoms with E-state index in [0.717, 1.165) is 27.6 Å². The highest BCUT2D eigenvalue weighted by Crippen LogP contribution is 2.55. The van der Waals surface area contributed by atoms with Crippen molar-refractivity contribution in [3.05, 3.63) is 204 Å². The number of anilines is 6. The lowest BCUT2D eigenvalue weighted by molar-refractivity contribution is 0.631. The van der Waals surface area contributed by atoms with Gasteiger partial charge in [0.05, 0.1) is 22.7 Å². The van der Waals surface area contributed by atoms with Crippen molar-refractivity contribution in [1.29, 1.82) is 0 Å². The molecule has 1 aromatic heterocycles. The largest absolute Gasteiger partial charge is 0.456 e. The quantitative estimate of drug-likeness (QED) is 0.179. The maximum Gasteiger partial charge on any atom is 0.135 e. The second-order valence-corrected chi connectivity index (χ2v) is 16.6. The molecule has 0 aliphatic carbocycles. The first-order chi connectivity index (χ1) is 27.8. The molecular weight excluding hydrogens is 693 g/mol. The summed E-state index contributed by atoms with van der Waals surface area (Å²) >= 11 is 0. The van der Waals surface area contributed by atoms with Crippen LogP contribution in [0.4, 0.5) is 34.1 Å². The van der Waals surface area contributed by atoms with Gasteiger partial charge in [-0.25, -0.2) is 0 Å². The minimum Gasteiger partial charge on any atom is -0.456 e. The van der Waals surface area contributed by atoms with E-state index in [2.05, 4.69) is 207 Å². The Morgan fingerprint density at radius 1 is 0.333 bits per heavy atom. The highest BCUT2D eigenvalue weighted by molar-refractivity contribution is 6.06. The Labute approximate surface area is 334 Å². The molecule has 0 saturated carbocycles. The van der Waals surface area contributed by atoms with Gasteiger partial charge < -0.3 is 14.2 Å². The average molecular weight is 735 g/mol. The minimum atomic E-state index is -0.287. The molecule has 57 heavy (non-hydrogen) atoms. The van der Waals surface area contributed by atoms with E-state index in [1.165, 1.54) is 72.9 Å². The molecule has 3 nitrogen and oxygen atoms in total. The molecule has 8 aromatic carbocycles. The number of para-hydroxylation sites is 4. The molecule has 0 unspecified atom stereocenters. The first kappa shape index (κ1) is 33.5. The zero-order chi connectivity index (χ0) is 38.5. The molecule has 3 heteroatoms. The summed E-state index contributed by atoms with van der Waals surface area (Å²) in [6.07, 6.45) is 0. The number of rotatable bonds is 4. The second kappa shape index (κ2) is 12.3. The normalized spacial score (nSPS) is 14.9. The van der Waals surface area contributed by atoms with Crippen LogP contribution >= 0.6 is 0 Å². The molecule has 9 aromatic rings. The van der Waals surface area contributed by atoms with Gasteiger partial charge in [-0.1, -0.05) is 125 Å². The van der Waals surface area contributed by atoms with Gasteiger partial charge in [-0.15, -0.1) is 0 Å². The van der Waals surface area contributed by atoms with Crippen molar-refractivity contribution in [2.45, 2.75) is 38.5 Å². The first-order valence-electron chi connectivity index (χ1n) is 19.9. The molecule has 3 heterocycles. The van der Waals surface area contributed by atoms with Gasteiger partial charge in [0.2, 0.25) is 0 Å². The highest BCUT2D eigenvalue weighted by Gasteiger charge is 2.39. The summed E-state index contributed by atoms with van der Waals surface area (Å²) in [6, 6.07) is 66.5. The van der Waals surface area contributed by atoms with Gasteiger partial charge in [-0.3, -0.25) is 0 Å². The molecule has 0 N–H and O–H groups in total. The monoisotopic (exact) mass is 734 g/mol. The van der Waals surface area contributed by atoms with Crippen molar-refractivity contribution in [1.82, 2.24) is 0 Å². The van der Waals surface area contributed by atoms with Gasteiger partial charge in [0.25, 0.3) is 0 Å². The van der Waals surface area contributed by atoms with E-state index in [-0.39, 0.29) is 10.8 Å². The summed E-state index contributed by atoms with van der Waals surface area (Å²) in [5.41, 5.74) is 18.6. The van der Waals surface area contributed by atoms with Crippen LogP contribution in [-0.4, -0.2) is 0 Å². The fraction of sp³-hybridized carbons (Fsp3) is 0.111. The summed E-state index contributed by atoms with van der Waals surface area (Å²) in [4.78, 5) is 4.87. The van der Waals surface area contributed by atoms with Crippen molar-refractivity contribution in [2.75, 3.05) is 9.80 Å². The van der Waals surface area contributed by atoms with E-state index >= 15 is 0 Å². The number of hydrogen-bond acceptors (Lipinski definition) is 3. The third-order valence-corrected chi connectivity index (χ3v) is 12.6. The summed E-state index contributed by atoms with van der Waals surface area (Å²) in [5, 5.41) is 2.29. The van der Waals surface area contributed by atoms with Crippen LogP contribution in [0.25, 0.3) is 44.2 Å². The van der Waals surface area contributed by atoms with Crippen LogP contribution in [0.3, 0.4) is 0 Å². The standard InChI is InChI=1S/C54H42N2O/c1-53(2)43-20-12-13-21-47(43)55(39-15-7-5-8-16-39)48-28-24-37(33-44(48)53)38-25-29-50-46(34-38)54(3,4)45-32-36(23-27-49(45)56(50)40-17-9-6-10-18-40)35-26-30-52-42(31-35)41-19-11-14-22-51(41)57-52/h5-34H,1-4H3. The zero-order valence-electron chi connectivity index (χ0n) is 32.6. The second-order valence-electron chi connectivity index (χ2n) is 16.6. The Kier molecular flexibility index (Phi) is 7.25. The molecule has 2 aliphatic heterocycles. The number of benzene rings is 8. The van der Waals surface area contributed by atoms with Crippen LogP contribution in [0.15, 0.2) is 186 Å². The molecular formula is C54H42N2O. The highest BCUT2D eigenvalue weighted by atomic mass is 16.3. The van der Waals surface area contributed by atoms with Crippen LogP contribution in [0.5, 0.6) is 0 Å². The number of hydrogen-bond donors (Lipinski definition) is 0. The molecule has 0 fully saturated rings. The Balaban J connectivity index is 1.06. The lowest BCUT2D eigenvalue weighted by Crippen LogP contribution is -2.31. The molecule has 274 valence electrons. The predicted molar refractivity (Wildman–Crippen MR) is 238 cm³/mol. The van der Waals surface area contributed by atoms with Crippen LogP contribution < -0.4 is 9.80 Å². The van der Waals surface area contributed by atoms with Crippen LogP contribution in [0, 0.1) is 0 Å². The Morgan fingerprint density at radius 3 is 1.30 bits per heavy atom. The summed E-state index contributed by atoms with van der Waals surface area (Å²) in [6.45, 7) is 9.51. The number of furan rings is 1. The van der Waals surface area contributed by atoms with Gasteiger partial charge in [0.15, 0.2) is 0 Å². The lowest BCUT2D eigenvalue weighted by Gasteiger charge is -2.43. The third kappa shape index (κ3) is 5.05. The van der Waals surface area contributed by atoms with Crippen LogP contribution in [-0.2, 0) is 10.8 Å². The molecule has 0 radical (unpaired) electrons. The van der Waals surface area contributed by atoms with Gasteiger partial charge in [0, 0.05) is 33.0 Å². The Morgan fingerprint density at radius 2 is 0.737 bits per heavy atom. The van der Waals surface area contributed by atoms with Crippen LogP contribution in [0.1, 0.15) is 49.9 Å². The zero-order valence-corrected chi connectivity index (χ0v) is 32.6. The first-order valence-corrected chi connectivity index (χ1v) is 19.9. The molecule has 2 aliphatic rings. The Bertz CT molecular complexity index is 3030. The lowest BCUT2D eigenvalue weighted by atomic mass is 9.71. The van der Waals surface area contributed by atoms with Crippen molar-refractivity contribution >= 4 is 56.1 Å². The average Bonchev–Trinajstić information content (AvgIpc) is 3.63. The summed E-state index contributed by atoms with van der Waals surface area (Å²) in [7, 11) is 0. The Hall–Kier alpha value is -6.84. The van der Waals surface area contributed by atoms with Crippen molar-refractivity contribution < 1.29 is 4.42 Å². The van der Waals surface area contributed by atoms with Gasteiger partial charge in [0.1, 0.15) is 11.2 Å². The SMILES string of the molecule is CC1(C)c2ccccc2N(c2ccccc2)c2ccc(-c3ccc4c(c3)C(C)(C)c3cc(-c5ccc6oc7ccccc7c6c5)ccc3N4c3ccccc3)cc21.